The van der Waals surface area contributed by atoms with Crippen LogP contribution in [-0.4, -0.2) is 36.3 Å². The SMILES string of the molecule is COc1ccc2cc(Nc3ccnc(Nc4cc(OC)c(OC)cc4C)n3)cnc2c1. The van der Waals surface area contributed by atoms with Gasteiger partial charge in [0.2, 0.25) is 5.95 Å². The molecule has 0 aliphatic rings. The molecule has 8 nitrogen and oxygen atoms in total. The molecule has 0 amide bonds. The third kappa shape index (κ3) is 4.42. The van der Waals surface area contributed by atoms with Crippen molar-refractivity contribution in [3.05, 3.63) is 60.4 Å². The fourth-order valence-corrected chi connectivity index (χ4v) is 3.17. The Bertz CT molecular complexity index is 1230. The number of nitrogens with zero attached hydrogens (tertiary/aromatic N) is 3. The van der Waals surface area contributed by atoms with Gasteiger partial charge in [-0.25, -0.2) is 4.98 Å². The Morgan fingerprint density at radius 3 is 2.39 bits per heavy atom. The molecule has 2 heterocycles. The van der Waals surface area contributed by atoms with Crippen LogP contribution in [0.25, 0.3) is 10.9 Å². The number of nitrogens with one attached hydrogen (secondary N) is 2. The third-order valence-electron chi connectivity index (χ3n) is 4.80. The number of fused-ring (bicyclic) bond motifs is 1. The van der Waals surface area contributed by atoms with Crippen LogP contribution >= 0.6 is 0 Å². The van der Waals surface area contributed by atoms with Crippen LogP contribution in [0.15, 0.2) is 54.9 Å². The van der Waals surface area contributed by atoms with E-state index >= 15 is 0 Å². The van der Waals surface area contributed by atoms with Crippen LogP contribution in [0.3, 0.4) is 0 Å². The molecule has 0 aliphatic heterocycles. The smallest absolute Gasteiger partial charge is 0.229 e. The molecule has 31 heavy (non-hydrogen) atoms. The number of anilines is 4. The first kappa shape index (κ1) is 20.2. The molecule has 0 spiro atoms. The molecular weight excluding hydrogens is 394 g/mol. The van der Waals surface area contributed by atoms with Gasteiger partial charge >= 0.3 is 0 Å². The number of aromatic nitrogens is 3. The molecule has 0 saturated heterocycles. The van der Waals surface area contributed by atoms with E-state index < -0.39 is 0 Å². The van der Waals surface area contributed by atoms with E-state index in [4.69, 9.17) is 14.2 Å². The zero-order valence-corrected chi connectivity index (χ0v) is 17.8. The van der Waals surface area contributed by atoms with Crippen LogP contribution in [-0.2, 0) is 0 Å². The number of pyridine rings is 1. The Morgan fingerprint density at radius 1 is 0.806 bits per heavy atom. The molecule has 0 atom stereocenters. The molecule has 2 aromatic carbocycles. The first-order chi connectivity index (χ1) is 15.1. The van der Waals surface area contributed by atoms with Gasteiger partial charge in [-0.3, -0.25) is 4.98 Å². The summed E-state index contributed by atoms with van der Waals surface area (Å²) < 4.78 is 16.0. The molecular formula is C23H23N5O3. The second kappa shape index (κ2) is 8.74. The van der Waals surface area contributed by atoms with Crippen LogP contribution in [0.5, 0.6) is 17.2 Å². The van der Waals surface area contributed by atoms with E-state index in [2.05, 4.69) is 25.6 Å². The highest BCUT2D eigenvalue weighted by atomic mass is 16.5. The quantitative estimate of drug-likeness (QED) is 0.441. The van der Waals surface area contributed by atoms with E-state index in [1.54, 1.807) is 39.8 Å². The number of rotatable bonds is 7. The Morgan fingerprint density at radius 2 is 1.61 bits per heavy atom. The lowest BCUT2D eigenvalue weighted by Crippen LogP contribution is -2.02. The van der Waals surface area contributed by atoms with Crippen LogP contribution in [0.1, 0.15) is 5.56 Å². The molecule has 2 N–H and O–H groups in total. The number of hydrogen-bond acceptors (Lipinski definition) is 8. The van der Waals surface area contributed by atoms with Gasteiger partial charge in [0.15, 0.2) is 11.5 Å². The van der Waals surface area contributed by atoms with Crippen LogP contribution in [0, 0.1) is 6.92 Å². The van der Waals surface area contributed by atoms with E-state index in [0.29, 0.717) is 23.3 Å². The van der Waals surface area contributed by atoms with Crippen LogP contribution in [0.2, 0.25) is 0 Å². The molecule has 0 unspecified atom stereocenters. The highest BCUT2D eigenvalue weighted by Gasteiger charge is 2.10. The van der Waals surface area contributed by atoms with Gasteiger partial charge in [0, 0.05) is 29.4 Å². The summed E-state index contributed by atoms with van der Waals surface area (Å²) in [6.45, 7) is 1.97. The van der Waals surface area contributed by atoms with Gasteiger partial charge in [-0.2, -0.15) is 4.98 Å². The molecule has 0 aliphatic carbocycles. The van der Waals surface area contributed by atoms with E-state index in [1.807, 2.05) is 43.3 Å². The normalized spacial score (nSPS) is 10.6. The van der Waals surface area contributed by atoms with Gasteiger partial charge in [0.25, 0.3) is 0 Å². The number of methoxy groups -OCH3 is 3. The van der Waals surface area contributed by atoms with Crippen molar-refractivity contribution in [3.63, 3.8) is 0 Å². The molecule has 0 fully saturated rings. The van der Waals surface area contributed by atoms with Crippen molar-refractivity contribution in [3.8, 4) is 17.2 Å². The average molecular weight is 417 g/mol. The minimum atomic E-state index is 0.457. The average Bonchev–Trinajstić information content (AvgIpc) is 2.80. The van der Waals surface area contributed by atoms with Gasteiger partial charge in [0.1, 0.15) is 11.6 Å². The second-order valence-corrected chi connectivity index (χ2v) is 6.82. The molecule has 2 aromatic heterocycles. The topological polar surface area (TPSA) is 90.4 Å². The first-order valence-electron chi connectivity index (χ1n) is 9.63. The zero-order chi connectivity index (χ0) is 21.8. The van der Waals surface area contributed by atoms with E-state index in [9.17, 15) is 0 Å². The lowest BCUT2D eigenvalue weighted by atomic mass is 10.1. The largest absolute Gasteiger partial charge is 0.497 e. The summed E-state index contributed by atoms with van der Waals surface area (Å²) in [5.41, 5.74) is 3.49. The summed E-state index contributed by atoms with van der Waals surface area (Å²) in [6, 6.07) is 13.3. The Hall–Kier alpha value is -4.07. The van der Waals surface area contributed by atoms with Crippen LogP contribution < -0.4 is 24.8 Å². The molecule has 4 aromatic rings. The second-order valence-electron chi connectivity index (χ2n) is 6.82. The minimum absolute atomic E-state index is 0.457. The molecule has 158 valence electrons. The lowest BCUT2D eigenvalue weighted by Gasteiger charge is -2.14. The van der Waals surface area contributed by atoms with Gasteiger partial charge in [0.05, 0.1) is 38.7 Å². The fourth-order valence-electron chi connectivity index (χ4n) is 3.17. The molecule has 0 saturated carbocycles. The summed E-state index contributed by atoms with van der Waals surface area (Å²) in [5.74, 6) is 3.17. The Labute approximate surface area is 180 Å². The highest BCUT2D eigenvalue weighted by Crippen LogP contribution is 2.34. The van der Waals surface area contributed by atoms with Crippen molar-refractivity contribution in [1.29, 1.82) is 0 Å². The van der Waals surface area contributed by atoms with Crippen molar-refractivity contribution >= 4 is 34.0 Å². The van der Waals surface area contributed by atoms with E-state index in [0.717, 1.165) is 33.6 Å². The number of hydrogen-bond donors (Lipinski definition) is 2. The number of ether oxygens (including phenoxy) is 3. The minimum Gasteiger partial charge on any atom is -0.497 e. The van der Waals surface area contributed by atoms with Gasteiger partial charge < -0.3 is 24.8 Å². The number of aryl methyl sites for hydroxylation is 1. The Kier molecular flexibility index (Phi) is 5.70. The predicted molar refractivity (Wildman–Crippen MR) is 121 cm³/mol. The molecule has 0 bridgehead atoms. The third-order valence-corrected chi connectivity index (χ3v) is 4.80. The number of benzene rings is 2. The van der Waals surface area contributed by atoms with E-state index in [-0.39, 0.29) is 0 Å². The Balaban J connectivity index is 1.56. The van der Waals surface area contributed by atoms with Crippen molar-refractivity contribution in [1.82, 2.24) is 15.0 Å². The monoisotopic (exact) mass is 417 g/mol. The standard InChI is InChI=1S/C23H23N5O3/c1-14-9-20(30-3)21(31-4)12-18(14)27-23-24-8-7-22(28-23)26-16-10-15-5-6-17(29-2)11-19(15)25-13-16/h5-13H,1-4H3,(H2,24,26,27,28). The van der Waals surface area contributed by atoms with Gasteiger partial charge in [-0.15, -0.1) is 0 Å². The van der Waals surface area contributed by atoms with Crippen molar-refractivity contribution in [2.45, 2.75) is 6.92 Å². The van der Waals surface area contributed by atoms with Crippen molar-refractivity contribution < 1.29 is 14.2 Å². The molecule has 0 radical (unpaired) electrons. The zero-order valence-electron chi connectivity index (χ0n) is 17.8. The maximum absolute atomic E-state index is 5.39. The summed E-state index contributed by atoms with van der Waals surface area (Å²) in [7, 11) is 4.85. The van der Waals surface area contributed by atoms with Crippen molar-refractivity contribution in [2.75, 3.05) is 32.0 Å². The van der Waals surface area contributed by atoms with Crippen molar-refractivity contribution in [2.24, 2.45) is 0 Å². The van der Waals surface area contributed by atoms with E-state index in [1.165, 1.54) is 0 Å². The van der Waals surface area contributed by atoms with Gasteiger partial charge in [-0.1, -0.05) is 0 Å². The molecule has 4 rings (SSSR count). The summed E-state index contributed by atoms with van der Waals surface area (Å²) in [5, 5.41) is 7.52. The summed E-state index contributed by atoms with van der Waals surface area (Å²) >= 11 is 0. The molecule has 8 heteroatoms. The summed E-state index contributed by atoms with van der Waals surface area (Å²) in [6.07, 6.45) is 3.45. The predicted octanol–water partition coefficient (Wildman–Crippen LogP) is 4.85. The van der Waals surface area contributed by atoms with Crippen LogP contribution in [0.4, 0.5) is 23.1 Å². The lowest BCUT2D eigenvalue weighted by molar-refractivity contribution is 0.355. The fraction of sp³-hybridized carbons (Fsp3) is 0.174. The van der Waals surface area contributed by atoms with Gasteiger partial charge in [-0.05, 0) is 42.8 Å². The first-order valence-corrected chi connectivity index (χ1v) is 9.63. The summed E-state index contributed by atoms with van der Waals surface area (Å²) in [4.78, 5) is 13.4. The maximum atomic E-state index is 5.39. The highest BCUT2D eigenvalue weighted by molar-refractivity contribution is 5.83. The maximum Gasteiger partial charge on any atom is 0.229 e.